The van der Waals surface area contributed by atoms with Gasteiger partial charge in [0.1, 0.15) is 0 Å². The summed E-state index contributed by atoms with van der Waals surface area (Å²) in [6.07, 6.45) is 3.34. The minimum absolute atomic E-state index is 0.110. The number of ether oxygens (including phenoxy) is 1. The molecule has 0 saturated carbocycles. The predicted molar refractivity (Wildman–Crippen MR) is 69.0 cm³/mol. The molecular weight excluding hydrogens is 214 g/mol. The molecule has 3 heteroatoms. The molecule has 100 valence electrons. The van der Waals surface area contributed by atoms with Crippen LogP contribution in [0.2, 0.25) is 0 Å². The van der Waals surface area contributed by atoms with Gasteiger partial charge in [-0.3, -0.25) is 0 Å². The minimum atomic E-state index is 0.110. The Kier molecular flexibility index (Phi) is 4.45. The molecule has 0 aromatic heterocycles. The van der Waals surface area contributed by atoms with E-state index >= 15 is 0 Å². The SMILES string of the molecule is CC1CCN(CC2(CO)CCOCC2)CC1C. The van der Waals surface area contributed by atoms with Crippen LogP contribution in [-0.2, 0) is 4.74 Å². The van der Waals surface area contributed by atoms with E-state index in [1.54, 1.807) is 0 Å². The first-order chi connectivity index (χ1) is 8.15. The highest BCUT2D eigenvalue weighted by molar-refractivity contribution is 4.87. The highest BCUT2D eigenvalue weighted by Gasteiger charge is 2.35. The molecule has 2 saturated heterocycles. The van der Waals surface area contributed by atoms with Crippen LogP contribution in [0.3, 0.4) is 0 Å². The number of hydrogen-bond acceptors (Lipinski definition) is 3. The van der Waals surface area contributed by atoms with Gasteiger partial charge in [0.25, 0.3) is 0 Å². The maximum absolute atomic E-state index is 9.71. The molecule has 0 aromatic rings. The summed E-state index contributed by atoms with van der Waals surface area (Å²) in [5.41, 5.74) is 0.110. The molecule has 2 fully saturated rings. The van der Waals surface area contributed by atoms with Crippen molar-refractivity contribution in [1.29, 1.82) is 0 Å². The second-order valence-corrected chi connectivity index (χ2v) is 6.25. The highest BCUT2D eigenvalue weighted by Crippen LogP contribution is 2.33. The normalized spacial score (nSPS) is 34.8. The van der Waals surface area contributed by atoms with Gasteiger partial charge >= 0.3 is 0 Å². The molecule has 0 bridgehead atoms. The Hall–Kier alpha value is -0.120. The largest absolute Gasteiger partial charge is 0.396 e. The highest BCUT2D eigenvalue weighted by atomic mass is 16.5. The Morgan fingerprint density at radius 2 is 1.94 bits per heavy atom. The molecule has 2 unspecified atom stereocenters. The van der Waals surface area contributed by atoms with Gasteiger partial charge in [-0.25, -0.2) is 0 Å². The van der Waals surface area contributed by atoms with Crippen molar-refractivity contribution >= 4 is 0 Å². The summed E-state index contributed by atoms with van der Waals surface area (Å²) in [6, 6.07) is 0. The molecule has 0 aliphatic carbocycles. The Labute approximate surface area is 105 Å². The summed E-state index contributed by atoms with van der Waals surface area (Å²) < 4.78 is 5.42. The van der Waals surface area contributed by atoms with Gasteiger partial charge in [-0.2, -0.15) is 0 Å². The van der Waals surface area contributed by atoms with Crippen LogP contribution in [0.15, 0.2) is 0 Å². The Morgan fingerprint density at radius 3 is 2.53 bits per heavy atom. The third-order valence-electron chi connectivity index (χ3n) is 4.87. The average molecular weight is 241 g/mol. The number of nitrogens with zero attached hydrogens (tertiary/aromatic N) is 1. The summed E-state index contributed by atoms with van der Waals surface area (Å²) in [4.78, 5) is 2.56. The van der Waals surface area contributed by atoms with E-state index in [0.717, 1.165) is 44.4 Å². The monoisotopic (exact) mass is 241 g/mol. The van der Waals surface area contributed by atoms with Gasteiger partial charge in [-0.1, -0.05) is 13.8 Å². The van der Waals surface area contributed by atoms with E-state index in [-0.39, 0.29) is 5.41 Å². The van der Waals surface area contributed by atoms with Crippen molar-refractivity contribution in [2.45, 2.75) is 33.1 Å². The Morgan fingerprint density at radius 1 is 1.24 bits per heavy atom. The van der Waals surface area contributed by atoms with Crippen LogP contribution in [0.25, 0.3) is 0 Å². The van der Waals surface area contributed by atoms with Gasteiger partial charge in [-0.15, -0.1) is 0 Å². The van der Waals surface area contributed by atoms with Gasteiger partial charge < -0.3 is 14.7 Å². The van der Waals surface area contributed by atoms with Crippen molar-refractivity contribution in [3.8, 4) is 0 Å². The molecule has 2 atom stereocenters. The number of piperidine rings is 1. The fraction of sp³-hybridized carbons (Fsp3) is 1.00. The summed E-state index contributed by atoms with van der Waals surface area (Å²) in [5.74, 6) is 1.64. The molecular formula is C14H27NO2. The van der Waals surface area contributed by atoms with Crippen LogP contribution >= 0.6 is 0 Å². The van der Waals surface area contributed by atoms with Crippen molar-refractivity contribution in [3.05, 3.63) is 0 Å². The molecule has 2 aliphatic rings. The number of rotatable bonds is 3. The summed E-state index contributed by atoms with van der Waals surface area (Å²) in [6.45, 7) is 10.1. The third kappa shape index (κ3) is 3.21. The lowest BCUT2D eigenvalue weighted by molar-refractivity contribution is -0.0419. The van der Waals surface area contributed by atoms with E-state index in [1.807, 2.05) is 0 Å². The number of aliphatic hydroxyl groups excluding tert-OH is 1. The van der Waals surface area contributed by atoms with Crippen LogP contribution in [0, 0.1) is 17.3 Å². The van der Waals surface area contributed by atoms with E-state index in [1.165, 1.54) is 19.5 Å². The second kappa shape index (κ2) is 5.68. The lowest BCUT2D eigenvalue weighted by Gasteiger charge is -2.43. The third-order valence-corrected chi connectivity index (χ3v) is 4.87. The van der Waals surface area contributed by atoms with E-state index in [2.05, 4.69) is 18.7 Å². The molecule has 2 heterocycles. The molecule has 17 heavy (non-hydrogen) atoms. The van der Waals surface area contributed by atoms with Crippen molar-refractivity contribution in [2.24, 2.45) is 17.3 Å². The van der Waals surface area contributed by atoms with E-state index in [0.29, 0.717) is 6.61 Å². The maximum atomic E-state index is 9.71. The van der Waals surface area contributed by atoms with Crippen molar-refractivity contribution in [3.63, 3.8) is 0 Å². The molecule has 3 nitrogen and oxygen atoms in total. The number of hydrogen-bond donors (Lipinski definition) is 1. The molecule has 0 spiro atoms. The summed E-state index contributed by atoms with van der Waals surface area (Å²) >= 11 is 0. The fourth-order valence-electron chi connectivity index (χ4n) is 3.14. The first kappa shape index (κ1) is 13.3. The lowest BCUT2D eigenvalue weighted by Crippen LogP contribution is -2.48. The molecule has 0 aromatic carbocycles. The molecule has 1 N–H and O–H groups in total. The van der Waals surface area contributed by atoms with Crippen LogP contribution < -0.4 is 0 Å². The van der Waals surface area contributed by atoms with Crippen molar-refractivity contribution in [2.75, 3.05) is 39.5 Å². The zero-order chi connectivity index (χ0) is 12.3. The van der Waals surface area contributed by atoms with Crippen LogP contribution in [-0.4, -0.2) is 49.5 Å². The smallest absolute Gasteiger partial charge is 0.0501 e. The number of likely N-dealkylation sites (tertiary alicyclic amines) is 1. The van der Waals surface area contributed by atoms with Crippen LogP contribution in [0.5, 0.6) is 0 Å². The van der Waals surface area contributed by atoms with Gasteiger partial charge in [-0.05, 0) is 37.6 Å². The van der Waals surface area contributed by atoms with E-state index < -0.39 is 0 Å². The number of aliphatic hydroxyl groups is 1. The maximum Gasteiger partial charge on any atom is 0.0501 e. The van der Waals surface area contributed by atoms with Gasteiger partial charge in [0.2, 0.25) is 0 Å². The topological polar surface area (TPSA) is 32.7 Å². The van der Waals surface area contributed by atoms with Gasteiger partial charge in [0, 0.05) is 31.7 Å². The first-order valence-electron chi connectivity index (χ1n) is 7.06. The summed E-state index contributed by atoms with van der Waals surface area (Å²) in [7, 11) is 0. The van der Waals surface area contributed by atoms with Crippen LogP contribution in [0.1, 0.15) is 33.1 Å². The summed E-state index contributed by atoms with van der Waals surface area (Å²) in [5, 5.41) is 9.71. The fourth-order valence-corrected chi connectivity index (χ4v) is 3.14. The van der Waals surface area contributed by atoms with Crippen molar-refractivity contribution in [1.82, 2.24) is 4.90 Å². The average Bonchev–Trinajstić information content (AvgIpc) is 2.35. The zero-order valence-corrected chi connectivity index (χ0v) is 11.3. The lowest BCUT2D eigenvalue weighted by atomic mass is 9.79. The quantitative estimate of drug-likeness (QED) is 0.817. The molecule has 0 radical (unpaired) electrons. The zero-order valence-electron chi connectivity index (χ0n) is 11.3. The first-order valence-corrected chi connectivity index (χ1v) is 7.06. The predicted octanol–water partition coefficient (Wildman–Crippen LogP) is 1.75. The minimum Gasteiger partial charge on any atom is -0.396 e. The second-order valence-electron chi connectivity index (χ2n) is 6.25. The molecule has 0 amide bonds. The van der Waals surface area contributed by atoms with Gasteiger partial charge in [0.05, 0.1) is 6.61 Å². The van der Waals surface area contributed by atoms with Gasteiger partial charge in [0.15, 0.2) is 0 Å². The van der Waals surface area contributed by atoms with E-state index in [9.17, 15) is 5.11 Å². The Balaban J connectivity index is 1.90. The van der Waals surface area contributed by atoms with Crippen LogP contribution in [0.4, 0.5) is 0 Å². The molecule has 2 rings (SSSR count). The standard InChI is InChI=1S/C14H27NO2/c1-12-3-6-15(9-13(12)2)10-14(11-16)4-7-17-8-5-14/h12-13,16H,3-11H2,1-2H3. The van der Waals surface area contributed by atoms with Crippen molar-refractivity contribution < 1.29 is 9.84 Å². The van der Waals surface area contributed by atoms with E-state index in [4.69, 9.17) is 4.74 Å². The Bertz CT molecular complexity index is 238. The molecule has 2 aliphatic heterocycles.